The van der Waals surface area contributed by atoms with E-state index in [0.717, 1.165) is 34.3 Å². The summed E-state index contributed by atoms with van der Waals surface area (Å²) in [4.78, 5) is 13.2. The molecular formula is C24H29NO2. The van der Waals surface area contributed by atoms with E-state index in [1.54, 1.807) is 0 Å². The molecule has 6 rings (SSSR count). The lowest BCUT2D eigenvalue weighted by Gasteiger charge is -2.57. The maximum Gasteiger partial charge on any atom is 0.261 e. The number of ether oxygens (including phenoxy) is 1. The van der Waals surface area contributed by atoms with Crippen LogP contribution in [0.3, 0.4) is 0 Å². The molecular weight excluding hydrogens is 334 g/mol. The van der Waals surface area contributed by atoms with Crippen molar-refractivity contribution < 1.29 is 9.53 Å². The maximum atomic E-state index is 13.2. The molecule has 1 amide bonds. The molecule has 1 atom stereocenters. The zero-order valence-electron chi connectivity index (χ0n) is 16.1. The van der Waals surface area contributed by atoms with Gasteiger partial charge in [0.1, 0.15) is 5.75 Å². The number of fused-ring (bicyclic) bond motifs is 1. The monoisotopic (exact) mass is 363 g/mol. The van der Waals surface area contributed by atoms with Gasteiger partial charge in [0.15, 0.2) is 6.10 Å². The molecule has 4 fully saturated rings. The molecule has 0 heterocycles. The van der Waals surface area contributed by atoms with Crippen molar-refractivity contribution in [3.63, 3.8) is 0 Å². The zero-order valence-corrected chi connectivity index (χ0v) is 16.1. The van der Waals surface area contributed by atoms with Crippen LogP contribution >= 0.6 is 0 Å². The van der Waals surface area contributed by atoms with Gasteiger partial charge in [0.2, 0.25) is 0 Å². The average Bonchev–Trinajstić information content (AvgIpc) is 2.64. The Hall–Kier alpha value is -2.03. The number of benzene rings is 2. The van der Waals surface area contributed by atoms with Crippen molar-refractivity contribution in [2.45, 2.75) is 63.5 Å². The summed E-state index contributed by atoms with van der Waals surface area (Å²) >= 11 is 0. The van der Waals surface area contributed by atoms with Crippen LogP contribution in [0.1, 0.15) is 51.9 Å². The van der Waals surface area contributed by atoms with Gasteiger partial charge in [-0.15, -0.1) is 0 Å². The Morgan fingerprint density at radius 2 is 1.67 bits per heavy atom. The molecule has 4 bridgehead atoms. The number of nitrogens with one attached hydrogen (secondary N) is 1. The third-order valence-electron chi connectivity index (χ3n) is 7.11. The Labute approximate surface area is 161 Å². The van der Waals surface area contributed by atoms with Gasteiger partial charge in [-0.25, -0.2) is 0 Å². The van der Waals surface area contributed by atoms with Crippen molar-refractivity contribution in [3.8, 4) is 5.75 Å². The molecule has 1 N–H and O–H groups in total. The SMILES string of the molecule is CC[C@H](Oc1cccc2ccccc12)C(=O)NC12CC3CC(CC(C3)C1)C2. The number of rotatable bonds is 5. The van der Waals surface area contributed by atoms with Crippen molar-refractivity contribution in [2.24, 2.45) is 17.8 Å². The molecule has 2 aromatic rings. The highest BCUT2D eigenvalue weighted by atomic mass is 16.5. The molecule has 0 radical (unpaired) electrons. The average molecular weight is 364 g/mol. The molecule has 0 aliphatic heterocycles. The molecule has 0 spiro atoms. The van der Waals surface area contributed by atoms with Crippen molar-refractivity contribution in [2.75, 3.05) is 0 Å². The predicted octanol–water partition coefficient (Wildman–Crippen LogP) is 5.08. The van der Waals surface area contributed by atoms with Gasteiger partial charge in [0.25, 0.3) is 5.91 Å². The summed E-state index contributed by atoms with van der Waals surface area (Å²) in [5.74, 6) is 3.37. The first kappa shape index (κ1) is 17.1. The first-order chi connectivity index (χ1) is 13.1. The molecule has 2 aromatic carbocycles. The molecule has 0 saturated heterocycles. The molecule has 27 heavy (non-hydrogen) atoms. The maximum absolute atomic E-state index is 13.2. The number of hydrogen-bond donors (Lipinski definition) is 1. The highest BCUT2D eigenvalue weighted by Crippen LogP contribution is 2.55. The number of hydrogen-bond acceptors (Lipinski definition) is 2. The molecule has 4 saturated carbocycles. The highest BCUT2D eigenvalue weighted by Gasteiger charge is 2.51. The van der Waals surface area contributed by atoms with E-state index >= 15 is 0 Å². The smallest absolute Gasteiger partial charge is 0.261 e. The lowest BCUT2D eigenvalue weighted by molar-refractivity contribution is -0.133. The van der Waals surface area contributed by atoms with Gasteiger partial charge in [0, 0.05) is 10.9 Å². The Balaban J connectivity index is 1.34. The van der Waals surface area contributed by atoms with Crippen LogP contribution in [0.25, 0.3) is 10.8 Å². The third-order valence-corrected chi connectivity index (χ3v) is 7.11. The van der Waals surface area contributed by atoms with Crippen LogP contribution in [0.15, 0.2) is 42.5 Å². The van der Waals surface area contributed by atoms with Gasteiger partial charge in [-0.1, -0.05) is 43.3 Å². The number of amides is 1. The van der Waals surface area contributed by atoms with Crippen LogP contribution in [-0.2, 0) is 4.79 Å². The summed E-state index contributed by atoms with van der Waals surface area (Å²) in [6.45, 7) is 2.04. The summed E-state index contributed by atoms with van der Waals surface area (Å²) < 4.78 is 6.24. The molecule has 4 aliphatic carbocycles. The topological polar surface area (TPSA) is 38.3 Å². The molecule has 142 valence electrons. The zero-order chi connectivity index (χ0) is 18.4. The predicted molar refractivity (Wildman–Crippen MR) is 108 cm³/mol. The van der Waals surface area contributed by atoms with E-state index in [4.69, 9.17) is 4.74 Å². The second-order valence-corrected chi connectivity index (χ2v) is 9.18. The van der Waals surface area contributed by atoms with Gasteiger partial charge in [-0.2, -0.15) is 0 Å². The standard InChI is InChI=1S/C24H29NO2/c1-2-21(27-22-9-5-7-19-6-3-4-8-20(19)22)23(26)25-24-13-16-10-17(14-24)12-18(11-16)15-24/h3-9,16-18,21H,2,10-15H2,1H3,(H,25,26)/t16?,17?,18?,21-,24?/m0/s1. The van der Waals surface area contributed by atoms with Gasteiger partial charge in [-0.05, 0) is 74.2 Å². The van der Waals surface area contributed by atoms with Gasteiger partial charge in [-0.3, -0.25) is 4.79 Å². The second kappa shape index (κ2) is 6.54. The van der Waals surface area contributed by atoms with Crippen molar-refractivity contribution >= 4 is 16.7 Å². The third kappa shape index (κ3) is 3.11. The summed E-state index contributed by atoms with van der Waals surface area (Å²) in [6.07, 6.45) is 7.95. The minimum atomic E-state index is -0.427. The summed E-state index contributed by atoms with van der Waals surface area (Å²) in [5.41, 5.74) is 0.0430. The van der Waals surface area contributed by atoms with E-state index in [1.165, 1.54) is 38.5 Å². The van der Waals surface area contributed by atoms with Gasteiger partial charge >= 0.3 is 0 Å². The lowest BCUT2D eigenvalue weighted by atomic mass is 9.53. The molecule has 3 nitrogen and oxygen atoms in total. The first-order valence-electron chi connectivity index (χ1n) is 10.6. The van der Waals surface area contributed by atoms with E-state index in [0.29, 0.717) is 6.42 Å². The molecule has 4 aliphatic rings. The van der Waals surface area contributed by atoms with Crippen molar-refractivity contribution in [1.82, 2.24) is 5.32 Å². The van der Waals surface area contributed by atoms with E-state index < -0.39 is 6.10 Å². The van der Waals surface area contributed by atoms with E-state index in [9.17, 15) is 4.79 Å². The normalized spacial score (nSPS) is 32.4. The van der Waals surface area contributed by atoms with Crippen LogP contribution in [0, 0.1) is 17.8 Å². The minimum Gasteiger partial charge on any atom is -0.480 e. The minimum absolute atomic E-state index is 0.0430. The first-order valence-corrected chi connectivity index (χ1v) is 10.6. The fourth-order valence-corrected chi connectivity index (χ4v) is 6.38. The van der Waals surface area contributed by atoms with E-state index in [-0.39, 0.29) is 11.4 Å². The summed E-state index contributed by atoms with van der Waals surface area (Å²) in [7, 11) is 0. The van der Waals surface area contributed by atoms with E-state index in [1.807, 2.05) is 31.2 Å². The highest BCUT2D eigenvalue weighted by molar-refractivity contribution is 5.89. The number of carbonyl (C=O) groups is 1. The fraction of sp³-hybridized carbons (Fsp3) is 0.542. The summed E-state index contributed by atoms with van der Waals surface area (Å²) in [5, 5.41) is 5.70. The largest absolute Gasteiger partial charge is 0.480 e. The lowest BCUT2D eigenvalue weighted by Crippen LogP contribution is -2.61. The summed E-state index contributed by atoms with van der Waals surface area (Å²) in [6, 6.07) is 14.3. The second-order valence-electron chi connectivity index (χ2n) is 9.18. The van der Waals surface area contributed by atoms with Crippen LogP contribution in [0.5, 0.6) is 5.75 Å². The fourth-order valence-electron chi connectivity index (χ4n) is 6.38. The van der Waals surface area contributed by atoms with E-state index in [2.05, 4.69) is 23.5 Å². The van der Waals surface area contributed by atoms with Crippen LogP contribution in [0.2, 0.25) is 0 Å². The van der Waals surface area contributed by atoms with Crippen molar-refractivity contribution in [1.29, 1.82) is 0 Å². The Kier molecular flexibility index (Phi) is 4.14. The quantitative estimate of drug-likeness (QED) is 0.804. The van der Waals surface area contributed by atoms with Gasteiger partial charge < -0.3 is 10.1 Å². The Bertz CT molecular complexity index is 818. The Morgan fingerprint density at radius 1 is 1.04 bits per heavy atom. The molecule has 3 heteroatoms. The molecule has 0 aromatic heterocycles. The van der Waals surface area contributed by atoms with Crippen LogP contribution in [-0.4, -0.2) is 17.6 Å². The van der Waals surface area contributed by atoms with Gasteiger partial charge in [0.05, 0.1) is 0 Å². The molecule has 0 unspecified atom stereocenters. The number of carbonyl (C=O) groups excluding carboxylic acids is 1. The Morgan fingerprint density at radius 3 is 2.33 bits per heavy atom. The van der Waals surface area contributed by atoms with Crippen LogP contribution < -0.4 is 10.1 Å². The van der Waals surface area contributed by atoms with Crippen molar-refractivity contribution in [3.05, 3.63) is 42.5 Å². The van der Waals surface area contributed by atoms with Crippen LogP contribution in [0.4, 0.5) is 0 Å².